The number of nitrogens with zero attached hydrogens (tertiary/aromatic N) is 3. The summed E-state index contributed by atoms with van der Waals surface area (Å²) in [6.07, 6.45) is 5.23. The summed E-state index contributed by atoms with van der Waals surface area (Å²) in [4.78, 5) is 28.9. The first-order chi connectivity index (χ1) is 11.0. The lowest BCUT2D eigenvalue weighted by Gasteiger charge is -2.26. The molecule has 128 valence electrons. The van der Waals surface area contributed by atoms with E-state index in [-0.39, 0.29) is 31.3 Å². The van der Waals surface area contributed by atoms with E-state index in [4.69, 9.17) is 9.63 Å². The largest absolute Gasteiger partial charge is 0.481 e. The van der Waals surface area contributed by atoms with Crippen LogP contribution in [-0.2, 0) is 16.0 Å². The minimum absolute atomic E-state index is 0.0291. The molecule has 0 unspecified atom stereocenters. The SMILES string of the molecule is CC(C)N(CCC(=O)O)C(=O)CCc1nc(C2CCCC2)no1. The molecular formula is C16H25N3O4. The predicted molar refractivity (Wildman–Crippen MR) is 82.9 cm³/mol. The van der Waals surface area contributed by atoms with Crippen LogP contribution in [-0.4, -0.2) is 44.6 Å². The van der Waals surface area contributed by atoms with Crippen molar-refractivity contribution in [2.45, 2.75) is 70.8 Å². The lowest BCUT2D eigenvalue weighted by Crippen LogP contribution is -2.38. The van der Waals surface area contributed by atoms with Crippen LogP contribution in [0, 0.1) is 0 Å². The Kier molecular flexibility index (Phi) is 6.12. The Hall–Kier alpha value is -1.92. The van der Waals surface area contributed by atoms with Gasteiger partial charge in [0.1, 0.15) is 0 Å². The molecule has 0 atom stereocenters. The van der Waals surface area contributed by atoms with Gasteiger partial charge in [-0.3, -0.25) is 9.59 Å². The summed E-state index contributed by atoms with van der Waals surface area (Å²) in [6.45, 7) is 3.98. The van der Waals surface area contributed by atoms with Crippen molar-refractivity contribution in [1.82, 2.24) is 15.0 Å². The van der Waals surface area contributed by atoms with E-state index in [1.54, 1.807) is 4.90 Å². The minimum Gasteiger partial charge on any atom is -0.481 e. The smallest absolute Gasteiger partial charge is 0.305 e. The van der Waals surface area contributed by atoms with Crippen LogP contribution in [0.4, 0.5) is 0 Å². The lowest BCUT2D eigenvalue weighted by molar-refractivity contribution is -0.139. The van der Waals surface area contributed by atoms with Crippen molar-refractivity contribution >= 4 is 11.9 Å². The Morgan fingerprint density at radius 2 is 2.00 bits per heavy atom. The normalized spacial score (nSPS) is 15.3. The van der Waals surface area contributed by atoms with Crippen molar-refractivity contribution in [2.24, 2.45) is 0 Å². The fraction of sp³-hybridized carbons (Fsp3) is 0.750. The van der Waals surface area contributed by atoms with Gasteiger partial charge in [0.05, 0.1) is 6.42 Å². The summed E-state index contributed by atoms with van der Waals surface area (Å²) in [5.74, 6) is 0.660. The van der Waals surface area contributed by atoms with Crippen LogP contribution in [0.3, 0.4) is 0 Å². The van der Waals surface area contributed by atoms with E-state index in [2.05, 4.69) is 10.1 Å². The Labute approximate surface area is 136 Å². The molecule has 1 amide bonds. The van der Waals surface area contributed by atoms with Crippen molar-refractivity contribution in [3.63, 3.8) is 0 Å². The van der Waals surface area contributed by atoms with E-state index in [0.717, 1.165) is 18.7 Å². The van der Waals surface area contributed by atoms with Gasteiger partial charge >= 0.3 is 5.97 Å². The van der Waals surface area contributed by atoms with Gasteiger partial charge in [0.15, 0.2) is 5.82 Å². The summed E-state index contributed by atoms with van der Waals surface area (Å²) in [7, 11) is 0. The molecule has 0 saturated heterocycles. The van der Waals surface area contributed by atoms with Gasteiger partial charge in [-0.1, -0.05) is 18.0 Å². The number of carbonyl (C=O) groups excluding carboxylic acids is 1. The molecule has 0 radical (unpaired) electrons. The summed E-state index contributed by atoms with van der Waals surface area (Å²) >= 11 is 0. The summed E-state index contributed by atoms with van der Waals surface area (Å²) in [6, 6.07) is -0.0291. The van der Waals surface area contributed by atoms with Gasteiger partial charge in [-0.15, -0.1) is 0 Å². The number of aliphatic carboxylic acids is 1. The van der Waals surface area contributed by atoms with Crippen molar-refractivity contribution in [3.05, 3.63) is 11.7 Å². The third-order valence-electron chi connectivity index (χ3n) is 4.27. The second kappa shape index (κ2) is 8.08. The molecule has 23 heavy (non-hydrogen) atoms. The second-order valence-electron chi connectivity index (χ2n) is 6.35. The highest BCUT2D eigenvalue weighted by Gasteiger charge is 2.23. The highest BCUT2D eigenvalue weighted by Crippen LogP contribution is 2.32. The second-order valence-corrected chi connectivity index (χ2v) is 6.35. The Morgan fingerprint density at radius 1 is 1.30 bits per heavy atom. The highest BCUT2D eigenvalue weighted by molar-refractivity contribution is 5.77. The molecule has 0 aromatic carbocycles. The average Bonchev–Trinajstić information content (AvgIpc) is 3.15. The van der Waals surface area contributed by atoms with Crippen LogP contribution in [0.2, 0.25) is 0 Å². The van der Waals surface area contributed by atoms with Gasteiger partial charge in [0.25, 0.3) is 0 Å². The maximum atomic E-state index is 12.3. The van der Waals surface area contributed by atoms with E-state index in [0.29, 0.717) is 18.2 Å². The van der Waals surface area contributed by atoms with E-state index >= 15 is 0 Å². The monoisotopic (exact) mass is 323 g/mol. The van der Waals surface area contributed by atoms with E-state index < -0.39 is 5.97 Å². The number of aromatic nitrogens is 2. The number of carbonyl (C=O) groups is 2. The first kappa shape index (κ1) is 17.4. The maximum Gasteiger partial charge on any atom is 0.305 e. The quantitative estimate of drug-likeness (QED) is 0.789. The minimum atomic E-state index is -0.901. The summed E-state index contributed by atoms with van der Waals surface area (Å²) < 4.78 is 5.24. The third kappa shape index (κ3) is 5.04. The van der Waals surface area contributed by atoms with Gasteiger partial charge in [0.2, 0.25) is 11.8 Å². The molecule has 0 aliphatic heterocycles. The number of amides is 1. The molecule has 1 heterocycles. The first-order valence-electron chi connectivity index (χ1n) is 8.31. The fourth-order valence-corrected chi connectivity index (χ4v) is 2.96. The highest BCUT2D eigenvalue weighted by atomic mass is 16.5. The van der Waals surface area contributed by atoms with Crippen LogP contribution in [0.1, 0.15) is 70.0 Å². The average molecular weight is 323 g/mol. The van der Waals surface area contributed by atoms with Gasteiger partial charge in [-0.2, -0.15) is 4.98 Å². The van der Waals surface area contributed by atoms with E-state index in [1.165, 1.54) is 12.8 Å². The Balaban J connectivity index is 1.85. The van der Waals surface area contributed by atoms with Crippen LogP contribution >= 0.6 is 0 Å². The molecule has 1 aliphatic rings. The summed E-state index contributed by atoms with van der Waals surface area (Å²) in [5.41, 5.74) is 0. The topological polar surface area (TPSA) is 96.5 Å². The molecule has 0 bridgehead atoms. The zero-order chi connectivity index (χ0) is 16.8. The number of rotatable bonds is 8. The molecule has 1 saturated carbocycles. The molecule has 1 N–H and O–H groups in total. The van der Waals surface area contributed by atoms with E-state index in [1.807, 2.05) is 13.8 Å². The van der Waals surface area contributed by atoms with Crippen LogP contribution in [0.15, 0.2) is 4.52 Å². The van der Waals surface area contributed by atoms with Crippen molar-refractivity contribution in [1.29, 1.82) is 0 Å². The zero-order valence-corrected chi connectivity index (χ0v) is 13.8. The van der Waals surface area contributed by atoms with Crippen molar-refractivity contribution in [2.75, 3.05) is 6.54 Å². The molecule has 2 rings (SSSR count). The van der Waals surface area contributed by atoms with E-state index in [9.17, 15) is 9.59 Å². The zero-order valence-electron chi connectivity index (χ0n) is 13.8. The Morgan fingerprint density at radius 3 is 2.61 bits per heavy atom. The van der Waals surface area contributed by atoms with Crippen LogP contribution in [0.5, 0.6) is 0 Å². The number of hydrogen-bond acceptors (Lipinski definition) is 5. The van der Waals surface area contributed by atoms with Crippen LogP contribution in [0.25, 0.3) is 0 Å². The van der Waals surface area contributed by atoms with Gasteiger partial charge in [-0.05, 0) is 26.7 Å². The Bertz CT molecular complexity index is 535. The molecule has 1 fully saturated rings. The summed E-state index contributed by atoms with van der Waals surface area (Å²) in [5, 5.41) is 12.8. The molecule has 7 nitrogen and oxygen atoms in total. The van der Waals surface area contributed by atoms with Crippen molar-refractivity contribution in [3.8, 4) is 0 Å². The molecule has 1 aromatic rings. The van der Waals surface area contributed by atoms with Gasteiger partial charge in [-0.25, -0.2) is 0 Å². The van der Waals surface area contributed by atoms with Gasteiger partial charge in [0, 0.05) is 31.3 Å². The molecule has 7 heteroatoms. The predicted octanol–water partition coefficient (Wildman–Crippen LogP) is 2.37. The molecule has 0 spiro atoms. The molecule has 1 aromatic heterocycles. The van der Waals surface area contributed by atoms with Crippen LogP contribution < -0.4 is 0 Å². The first-order valence-corrected chi connectivity index (χ1v) is 8.31. The van der Waals surface area contributed by atoms with Crippen molar-refractivity contribution < 1.29 is 19.2 Å². The third-order valence-corrected chi connectivity index (χ3v) is 4.27. The van der Waals surface area contributed by atoms with Gasteiger partial charge < -0.3 is 14.5 Å². The molecule has 1 aliphatic carbocycles. The number of carboxylic acid groups (broad SMARTS) is 1. The fourth-order valence-electron chi connectivity index (χ4n) is 2.96. The lowest BCUT2D eigenvalue weighted by atomic mass is 10.1. The standard InChI is InChI=1S/C16H25N3O4/c1-11(2)19(10-9-15(21)22)14(20)8-7-13-17-16(18-23-13)12-5-3-4-6-12/h11-12H,3-10H2,1-2H3,(H,21,22). The number of aryl methyl sites for hydroxylation is 1. The maximum absolute atomic E-state index is 12.3. The molecular weight excluding hydrogens is 298 g/mol. The number of carboxylic acids is 1. The number of hydrogen-bond donors (Lipinski definition) is 1.